The number of aliphatic hydroxyl groups excluding tert-OH is 1. The first-order valence-electron chi connectivity index (χ1n) is 5.82. The highest BCUT2D eigenvalue weighted by atomic mass is 16.3. The Morgan fingerprint density at radius 2 is 1.65 bits per heavy atom. The summed E-state index contributed by atoms with van der Waals surface area (Å²) in [5.74, 6) is 1.68. The number of aliphatic hydroxyl groups is 1. The molecule has 1 aromatic carbocycles. The molecule has 0 aliphatic rings. The highest BCUT2D eigenvalue weighted by molar-refractivity contribution is 5.41. The monoisotopic (exact) mass is 230 g/mol. The van der Waals surface area contributed by atoms with Crippen LogP contribution in [0, 0.1) is 27.7 Å². The van der Waals surface area contributed by atoms with Crippen LogP contribution < -0.4 is 0 Å². The number of rotatable bonds is 2. The first kappa shape index (κ1) is 11.9. The third-order valence-electron chi connectivity index (χ3n) is 3.37. The van der Waals surface area contributed by atoms with Crippen molar-refractivity contribution in [2.75, 3.05) is 0 Å². The van der Waals surface area contributed by atoms with Crippen LogP contribution in [0.2, 0.25) is 0 Å². The lowest BCUT2D eigenvalue weighted by atomic mass is 9.95. The molecule has 1 N–H and O–H groups in total. The van der Waals surface area contributed by atoms with Crippen LogP contribution in [-0.2, 0) is 0 Å². The van der Waals surface area contributed by atoms with Crippen molar-refractivity contribution in [2.45, 2.75) is 33.8 Å². The second kappa shape index (κ2) is 4.38. The topological polar surface area (TPSA) is 33.4 Å². The molecule has 90 valence electrons. The van der Waals surface area contributed by atoms with Gasteiger partial charge in [0.15, 0.2) is 0 Å². The molecular weight excluding hydrogens is 212 g/mol. The molecule has 1 atom stereocenters. The van der Waals surface area contributed by atoms with Gasteiger partial charge in [-0.2, -0.15) is 0 Å². The Bertz CT molecular complexity index is 538. The van der Waals surface area contributed by atoms with Crippen LogP contribution in [-0.4, -0.2) is 5.11 Å². The lowest BCUT2D eigenvalue weighted by Crippen LogP contribution is -2.03. The van der Waals surface area contributed by atoms with E-state index in [0.717, 1.165) is 33.8 Å². The molecule has 0 fully saturated rings. The lowest BCUT2D eigenvalue weighted by molar-refractivity contribution is 0.216. The number of furan rings is 1. The summed E-state index contributed by atoms with van der Waals surface area (Å²) < 4.78 is 5.57. The summed E-state index contributed by atoms with van der Waals surface area (Å²) in [6.45, 7) is 7.83. The predicted octanol–water partition coefficient (Wildman–Crippen LogP) is 3.59. The zero-order chi connectivity index (χ0) is 12.6. The molecule has 2 nitrogen and oxygen atoms in total. The fourth-order valence-electron chi connectivity index (χ4n) is 2.26. The van der Waals surface area contributed by atoms with E-state index in [9.17, 15) is 5.11 Å². The van der Waals surface area contributed by atoms with Crippen LogP contribution in [0.15, 0.2) is 28.7 Å². The van der Waals surface area contributed by atoms with Crippen LogP contribution in [0.1, 0.15) is 39.9 Å². The minimum atomic E-state index is -0.603. The maximum Gasteiger partial charge on any atom is 0.108 e. The van der Waals surface area contributed by atoms with Gasteiger partial charge in [0.2, 0.25) is 0 Å². The molecule has 0 saturated heterocycles. The van der Waals surface area contributed by atoms with Crippen molar-refractivity contribution in [3.63, 3.8) is 0 Å². The van der Waals surface area contributed by atoms with E-state index in [1.807, 2.05) is 52.0 Å². The van der Waals surface area contributed by atoms with Gasteiger partial charge in [-0.05, 0) is 44.4 Å². The predicted molar refractivity (Wildman–Crippen MR) is 68.2 cm³/mol. The van der Waals surface area contributed by atoms with Crippen molar-refractivity contribution in [1.29, 1.82) is 0 Å². The molecule has 1 unspecified atom stereocenters. The molecule has 0 spiro atoms. The SMILES string of the molecule is Cc1ccccc1C(O)c1c(C)oc(C)c1C. The number of benzene rings is 1. The average molecular weight is 230 g/mol. The number of hydrogen-bond acceptors (Lipinski definition) is 2. The van der Waals surface area contributed by atoms with Crippen molar-refractivity contribution < 1.29 is 9.52 Å². The second-order valence-corrected chi connectivity index (χ2v) is 4.51. The van der Waals surface area contributed by atoms with Gasteiger partial charge < -0.3 is 9.52 Å². The maximum absolute atomic E-state index is 10.5. The van der Waals surface area contributed by atoms with E-state index in [1.54, 1.807) is 0 Å². The van der Waals surface area contributed by atoms with Crippen molar-refractivity contribution in [3.05, 3.63) is 58.0 Å². The van der Waals surface area contributed by atoms with Crippen molar-refractivity contribution in [1.82, 2.24) is 0 Å². The average Bonchev–Trinajstić information content (AvgIpc) is 2.53. The summed E-state index contributed by atoms with van der Waals surface area (Å²) >= 11 is 0. The fourth-order valence-corrected chi connectivity index (χ4v) is 2.26. The fraction of sp³-hybridized carbons (Fsp3) is 0.333. The third-order valence-corrected chi connectivity index (χ3v) is 3.37. The quantitative estimate of drug-likeness (QED) is 0.855. The molecule has 2 rings (SSSR count). The third kappa shape index (κ3) is 2.01. The van der Waals surface area contributed by atoms with Crippen LogP contribution >= 0.6 is 0 Å². The smallest absolute Gasteiger partial charge is 0.108 e. The second-order valence-electron chi connectivity index (χ2n) is 4.51. The molecule has 0 aliphatic carbocycles. The molecule has 1 heterocycles. The number of hydrogen-bond donors (Lipinski definition) is 1. The van der Waals surface area contributed by atoms with Crippen LogP contribution in [0.5, 0.6) is 0 Å². The summed E-state index contributed by atoms with van der Waals surface area (Å²) in [7, 11) is 0. The van der Waals surface area contributed by atoms with E-state index >= 15 is 0 Å². The summed E-state index contributed by atoms with van der Waals surface area (Å²) in [5.41, 5.74) is 3.98. The molecule has 0 bridgehead atoms. The van der Waals surface area contributed by atoms with E-state index in [4.69, 9.17) is 4.42 Å². The van der Waals surface area contributed by atoms with E-state index in [2.05, 4.69) is 0 Å². The van der Waals surface area contributed by atoms with E-state index in [0.29, 0.717) is 0 Å². The lowest BCUT2D eigenvalue weighted by Gasteiger charge is -2.14. The van der Waals surface area contributed by atoms with E-state index < -0.39 is 6.10 Å². The molecule has 0 aliphatic heterocycles. The van der Waals surface area contributed by atoms with E-state index in [-0.39, 0.29) is 0 Å². The van der Waals surface area contributed by atoms with Crippen LogP contribution in [0.25, 0.3) is 0 Å². The molecule has 2 aromatic rings. The molecule has 0 amide bonds. The summed E-state index contributed by atoms with van der Waals surface area (Å²) in [6.07, 6.45) is -0.603. The molecule has 17 heavy (non-hydrogen) atoms. The van der Waals surface area contributed by atoms with Crippen molar-refractivity contribution in [3.8, 4) is 0 Å². The Labute approximate surface area is 102 Å². The first-order valence-corrected chi connectivity index (χ1v) is 5.82. The first-order chi connectivity index (χ1) is 8.02. The standard InChI is InChI=1S/C15H18O2/c1-9-7-5-6-8-13(9)15(16)14-10(2)11(3)17-12(14)4/h5-8,15-16H,1-4H3. The zero-order valence-electron chi connectivity index (χ0n) is 10.7. The summed E-state index contributed by atoms with van der Waals surface area (Å²) in [5, 5.41) is 10.5. The van der Waals surface area contributed by atoms with Gasteiger partial charge in [-0.15, -0.1) is 0 Å². The van der Waals surface area contributed by atoms with Crippen LogP contribution in [0.3, 0.4) is 0 Å². The van der Waals surface area contributed by atoms with Crippen LogP contribution in [0.4, 0.5) is 0 Å². The highest BCUT2D eigenvalue weighted by Gasteiger charge is 2.21. The maximum atomic E-state index is 10.5. The van der Waals surface area contributed by atoms with Gasteiger partial charge in [0.1, 0.15) is 17.6 Å². The van der Waals surface area contributed by atoms with Crippen molar-refractivity contribution >= 4 is 0 Å². The summed E-state index contributed by atoms with van der Waals surface area (Å²) in [6, 6.07) is 7.90. The number of aryl methyl sites for hydroxylation is 3. The van der Waals surface area contributed by atoms with Crippen molar-refractivity contribution in [2.24, 2.45) is 0 Å². The Morgan fingerprint density at radius 1 is 1.00 bits per heavy atom. The molecule has 1 aromatic heterocycles. The van der Waals surface area contributed by atoms with Gasteiger partial charge in [0.25, 0.3) is 0 Å². The molecular formula is C15H18O2. The highest BCUT2D eigenvalue weighted by Crippen LogP contribution is 2.32. The minimum Gasteiger partial charge on any atom is -0.466 e. The molecule has 0 radical (unpaired) electrons. The zero-order valence-corrected chi connectivity index (χ0v) is 10.7. The van der Waals surface area contributed by atoms with Gasteiger partial charge in [-0.3, -0.25) is 0 Å². The summed E-state index contributed by atoms with van der Waals surface area (Å²) in [4.78, 5) is 0. The molecule has 2 heteroatoms. The van der Waals surface area contributed by atoms with Gasteiger partial charge in [0.05, 0.1) is 0 Å². The van der Waals surface area contributed by atoms with Gasteiger partial charge in [-0.25, -0.2) is 0 Å². The van der Waals surface area contributed by atoms with Gasteiger partial charge in [-0.1, -0.05) is 24.3 Å². The van der Waals surface area contributed by atoms with E-state index in [1.165, 1.54) is 0 Å². The Kier molecular flexibility index (Phi) is 3.07. The van der Waals surface area contributed by atoms with Gasteiger partial charge in [0, 0.05) is 5.56 Å². The Morgan fingerprint density at radius 3 is 2.18 bits per heavy atom. The largest absolute Gasteiger partial charge is 0.466 e. The van der Waals surface area contributed by atoms with Gasteiger partial charge >= 0.3 is 0 Å². The minimum absolute atomic E-state index is 0.603. The Balaban J connectivity index is 2.51. The molecule has 0 saturated carbocycles. The normalized spacial score (nSPS) is 12.8. The Hall–Kier alpha value is -1.54.